The fourth-order valence-corrected chi connectivity index (χ4v) is 7.63. The number of anilines is 1. The summed E-state index contributed by atoms with van der Waals surface area (Å²) in [5, 5.41) is 3.91. The lowest BCUT2D eigenvalue weighted by atomic mass is 9.95. The second kappa shape index (κ2) is 14.7. The van der Waals surface area contributed by atoms with Gasteiger partial charge in [-0.15, -0.1) is 0 Å². The van der Waals surface area contributed by atoms with Crippen LogP contribution in [-0.2, 0) is 26.2 Å². The third kappa shape index (κ3) is 7.85. The molecule has 1 N–H and O–H groups in total. The van der Waals surface area contributed by atoms with Crippen LogP contribution in [0.3, 0.4) is 0 Å². The summed E-state index contributed by atoms with van der Waals surface area (Å²) in [6.45, 7) is 1.92. The second-order valence-electron chi connectivity index (χ2n) is 11.2. The zero-order chi connectivity index (χ0) is 32.0. The molecule has 240 valence electrons. The molecule has 0 aromatic heterocycles. The Bertz CT molecular complexity index is 1620. The molecule has 0 bridgehead atoms. The average Bonchev–Trinajstić information content (AvgIpc) is 3.05. The lowest BCUT2D eigenvalue weighted by Gasteiger charge is -2.34. The van der Waals surface area contributed by atoms with Gasteiger partial charge in [-0.05, 0) is 61.2 Å². The van der Waals surface area contributed by atoms with Gasteiger partial charge >= 0.3 is 0 Å². The maximum atomic E-state index is 14.4. The van der Waals surface area contributed by atoms with Crippen molar-refractivity contribution in [3.63, 3.8) is 0 Å². The molecular weight excluding hydrogens is 637 g/mol. The fraction of sp³-hybridized carbons (Fsp3) is 0.394. The maximum absolute atomic E-state index is 14.4. The van der Waals surface area contributed by atoms with Gasteiger partial charge in [0.2, 0.25) is 11.8 Å². The van der Waals surface area contributed by atoms with Gasteiger partial charge in [0.05, 0.1) is 10.6 Å². The largest absolute Gasteiger partial charge is 0.486 e. The Balaban J connectivity index is 1.52. The van der Waals surface area contributed by atoms with E-state index in [0.717, 1.165) is 36.4 Å². The van der Waals surface area contributed by atoms with Crippen LogP contribution in [0.25, 0.3) is 0 Å². The number of ether oxygens (including phenoxy) is 2. The number of halogens is 2. The van der Waals surface area contributed by atoms with Crippen LogP contribution in [0.1, 0.15) is 51.0 Å². The van der Waals surface area contributed by atoms with Crippen LogP contribution in [0.4, 0.5) is 5.69 Å². The molecule has 1 saturated carbocycles. The van der Waals surface area contributed by atoms with E-state index in [0.29, 0.717) is 46.7 Å². The molecule has 0 radical (unpaired) electrons. The molecule has 0 saturated heterocycles. The first-order chi connectivity index (χ1) is 21.7. The van der Waals surface area contributed by atoms with E-state index in [-0.39, 0.29) is 29.1 Å². The van der Waals surface area contributed by atoms with Gasteiger partial charge in [-0.3, -0.25) is 13.9 Å². The van der Waals surface area contributed by atoms with E-state index < -0.39 is 28.5 Å². The summed E-state index contributed by atoms with van der Waals surface area (Å²) < 4.78 is 40.6. The molecular formula is C33H37Cl2N3O6S. The first-order valence-electron chi connectivity index (χ1n) is 15.2. The number of amides is 2. The van der Waals surface area contributed by atoms with Crippen molar-refractivity contribution in [1.82, 2.24) is 10.2 Å². The summed E-state index contributed by atoms with van der Waals surface area (Å²) in [4.78, 5) is 29.6. The molecule has 0 spiro atoms. The summed E-state index contributed by atoms with van der Waals surface area (Å²) >= 11 is 12.7. The van der Waals surface area contributed by atoms with Crippen molar-refractivity contribution < 1.29 is 27.5 Å². The van der Waals surface area contributed by atoms with Gasteiger partial charge in [-0.25, -0.2) is 8.42 Å². The van der Waals surface area contributed by atoms with E-state index in [2.05, 4.69) is 5.32 Å². The molecule has 3 aromatic carbocycles. The lowest BCUT2D eigenvalue weighted by Crippen LogP contribution is -2.54. The van der Waals surface area contributed by atoms with Crippen LogP contribution in [0.15, 0.2) is 71.6 Å². The summed E-state index contributed by atoms with van der Waals surface area (Å²) in [5.74, 6) is 0.0149. The summed E-state index contributed by atoms with van der Waals surface area (Å²) in [6, 6.07) is 16.8. The molecule has 2 amide bonds. The van der Waals surface area contributed by atoms with Gasteiger partial charge < -0.3 is 19.7 Å². The highest BCUT2D eigenvalue weighted by Crippen LogP contribution is 2.36. The minimum Gasteiger partial charge on any atom is -0.486 e. The second-order valence-corrected chi connectivity index (χ2v) is 13.9. The third-order valence-corrected chi connectivity index (χ3v) is 10.5. The van der Waals surface area contributed by atoms with Crippen LogP contribution >= 0.6 is 23.2 Å². The smallest absolute Gasteiger partial charge is 0.264 e. The normalized spacial score (nSPS) is 15.6. The maximum Gasteiger partial charge on any atom is 0.264 e. The standard InChI is InChI=1S/C33H37Cl2N3O6S/c1-2-29(33(40)36-25-9-5-3-6-10-25)37(21-23-13-14-24(34)19-28(23)35)32(39)22-38(45(41,42)27-11-7-4-8-12-27)26-15-16-30-31(20-26)44-18-17-43-30/h4,7-8,11-16,19-20,25,29H,2-3,5-6,9-10,17-18,21-22H2,1H3,(H,36,40)/t29-/m1/s1. The van der Waals surface area contributed by atoms with E-state index in [9.17, 15) is 18.0 Å². The molecule has 12 heteroatoms. The van der Waals surface area contributed by atoms with Gasteiger partial charge in [-0.2, -0.15) is 0 Å². The highest BCUT2D eigenvalue weighted by molar-refractivity contribution is 7.92. The molecule has 1 aliphatic carbocycles. The first-order valence-corrected chi connectivity index (χ1v) is 17.4. The molecule has 5 rings (SSSR count). The predicted molar refractivity (Wildman–Crippen MR) is 175 cm³/mol. The van der Waals surface area contributed by atoms with Crippen molar-refractivity contribution in [2.45, 2.75) is 69.0 Å². The minimum absolute atomic E-state index is 0.0158. The van der Waals surface area contributed by atoms with E-state index in [4.69, 9.17) is 32.7 Å². The summed E-state index contributed by atoms with van der Waals surface area (Å²) in [6.07, 6.45) is 5.28. The molecule has 1 heterocycles. The van der Waals surface area contributed by atoms with E-state index in [1.807, 2.05) is 6.92 Å². The van der Waals surface area contributed by atoms with E-state index in [1.165, 1.54) is 17.0 Å². The Morgan fingerprint density at radius 2 is 1.64 bits per heavy atom. The Kier molecular flexibility index (Phi) is 10.8. The minimum atomic E-state index is -4.23. The molecule has 9 nitrogen and oxygen atoms in total. The van der Waals surface area contributed by atoms with E-state index in [1.54, 1.807) is 54.6 Å². The van der Waals surface area contributed by atoms with Crippen LogP contribution in [-0.4, -0.2) is 57.0 Å². The lowest BCUT2D eigenvalue weighted by molar-refractivity contribution is -0.140. The zero-order valence-corrected chi connectivity index (χ0v) is 27.4. The van der Waals surface area contributed by atoms with Gasteiger partial charge in [0, 0.05) is 28.7 Å². The van der Waals surface area contributed by atoms with Crippen molar-refractivity contribution in [2.75, 3.05) is 24.1 Å². The Morgan fingerprint density at radius 3 is 2.33 bits per heavy atom. The van der Waals surface area contributed by atoms with Gasteiger partial charge in [-0.1, -0.05) is 73.7 Å². The average molecular weight is 675 g/mol. The number of benzene rings is 3. The van der Waals surface area contributed by atoms with Crippen molar-refractivity contribution in [3.8, 4) is 11.5 Å². The quantitative estimate of drug-likeness (QED) is 0.259. The van der Waals surface area contributed by atoms with Crippen LogP contribution in [0.2, 0.25) is 10.0 Å². The SMILES string of the molecule is CC[C@H](C(=O)NC1CCCCC1)N(Cc1ccc(Cl)cc1Cl)C(=O)CN(c1ccc2c(c1)OCCO2)S(=O)(=O)c1ccccc1. The Hall–Kier alpha value is -3.47. The number of carbonyl (C=O) groups excluding carboxylic acids is 2. The van der Waals surface area contributed by atoms with Crippen molar-refractivity contribution in [3.05, 3.63) is 82.3 Å². The fourth-order valence-electron chi connectivity index (χ4n) is 5.73. The number of nitrogens with one attached hydrogen (secondary N) is 1. The van der Waals surface area contributed by atoms with Gasteiger partial charge in [0.1, 0.15) is 25.8 Å². The number of hydrogen-bond donors (Lipinski definition) is 1. The first kappa shape index (κ1) is 32.9. The molecule has 1 atom stereocenters. The monoisotopic (exact) mass is 673 g/mol. The van der Waals surface area contributed by atoms with Crippen LogP contribution in [0, 0.1) is 0 Å². The van der Waals surface area contributed by atoms with Crippen LogP contribution in [0.5, 0.6) is 11.5 Å². The van der Waals surface area contributed by atoms with Crippen molar-refractivity contribution in [1.29, 1.82) is 0 Å². The number of sulfonamides is 1. The topological polar surface area (TPSA) is 105 Å². The summed E-state index contributed by atoms with van der Waals surface area (Å²) in [5.41, 5.74) is 0.802. The number of fused-ring (bicyclic) bond motifs is 1. The van der Waals surface area contributed by atoms with Crippen molar-refractivity contribution >= 4 is 50.7 Å². The van der Waals surface area contributed by atoms with Crippen LogP contribution < -0.4 is 19.1 Å². The van der Waals surface area contributed by atoms with Gasteiger partial charge in [0.25, 0.3) is 10.0 Å². The zero-order valence-electron chi connectivity index (χ0n) is 25.1. The molecule has 1 aliphatic heterocycles. The molecule has 0 unspecified atom stereocenters. The molecule has 3 aromatic rings. The number of nitrogens with zero attached hydrogens (tertiary/aromatic N) is 2. The van der Waals surface area contributed by atoms with Crippen molar-refractivity contribution in [2.24, 2.45) is 0 Å². The van der Waals surface area contributed by atoms with Gasteiger partial charge in [0.15, 0.2) is 11.5 Å². The highest BCUT2D eigenvalue weighted by Gasteiger charge is 2.35. The number of rotatable bonds is 11. The molecule has 1 fully saturated rings. The summed E-state index contributed by atoms with van der Waals surface area (Å²) in [7, 11) is -4.23. The third-order valence-electron chi connectivity index (χ3n) is 8.12. The highest BCUT2D eigenvalue weighted by atomic mass is 35.5. The molecule has 45 heavy (non-hydrogen) atoms. The number of carbonyl (C=O) groups is 2. The predicted octanol–water partition coefficient (Wildman–Crippen LogP) is 6.22. The van der Waals surface area contributed by atoms with E-state index >= 15 is 0 Å². The Morgan fingerprint density at radius 1 is 0.933 bits per heavy atom. The Labute approximate surface area is 274 Å². The molecule has 2 aliphatic rings. The number of hydrogen-bond acceptors (Lipinski definition) is 6.